The van der Waals surface area contributed by atoms with Crippen LogP contribution < -0.4 is 5.32 Å². The van der Waals surface area contributed by atoms with Gasteiger partial charge in [-0.2, -0.15) is 5.10 Å². The van der Waals surface area contributed by atoms with E-state index in [4.69, 9.17) is 0 Å². The fourth-order valence-electron chi connectivity index (χ4n) is 5.49. The lowest BCUT2D eigenvalue weighted by Gasteiger charge is -2.48. The summed E-state index contributed by atoms with van der Waals surface area (Å²) in [7, 11) is 0. The lowest BCUT2D eigenvalue weighted by molar-refractivity contribution is 0.00403. The number of alkyl halides is 3. The van der Waals surface area contributed by atoms with Gasteiger partial charge in [0.15, 0.2) is 0 Å². The average molecular weight is 491 g/mol. The van der Waals surface area contributed by atoms with Gasteiger partial charge in [-0.15, -0.1) is 0 Å². The van der Waals surface area contributed by atoms with Gasteiger partial charge < -0.3 is 5.32 Å². The van der Waals surface area contributed by atoms with Crippen molar-refractivity contribution in [3.8, 4) is 0 Å². The van der Waals surface area contributed by atoms with Gasteiger partial charge in [0.1, 0.15) is 5.82 Å². The van der Waals surface area contributed by atoms with E-state index in [9.17, 15) is 13.2 Å². The van der Waals surface area contributed by atoms with Gasteiger partial charge in [0, 0.05) is 36.6 Å². The average Bonchev–Trinajstić information content (AvgIpc) is 3.25. The van der Waals surface area contributed by atoms with Gasteiger partial charge in [-0.1, -0.05) is 6.07 Å². The van der Waals surface area contributed by atoms with Crippen molar-refractivity contribution in [3.63, 3.8) is 0 Å². The van der Waals surface area contributed by atoms with E-state index in [2.05, 4.69) is 25.4 Å². The zero-order valence-corrected chi connectivity index (χ0v) is 19.9. The van der Waals surface area contributed by atoms with Gasteiger partial charge in [0.2, 0.25) is 0 Å². The molecule has 1 aromatic carbocycles. The molecule has 188 valence electrons. The summed E-state index contributed by atoms with van der Waals surface area (Å²) in [6.07, 6.45) is 1.78. The third kappa shape index (κ3) is 4.61. The zero-order valence-electron chi connectivity index (χ0n) is 19.9. The van der Waals surface area contributed by atoms with Crippen LogP contribution in [-0.4, -0.2) is 75.8 Å². The minimum absolute atomic E-state index is 0.131. The molecule has 0 aliphatic carbocycles. The van der Waals surface area contributed by atoms with E-state index >= 15 is 4.39 Å². The second kappa shape index (κ2) is 9.39. The van der Waals surface area contributed by atoms with E-state index < -0.39 is 30.4 Å². The summed E-state index contributed by atoms with van der Waals surface area (Å²) in [6, 6.07) is 4.50. The molecule has 0 radical (unpaired) electrons. The van der Waals surface area contributed by atoms with Crippen molar-refractivity contribution < 1.29 is 17.6 Å². The number of hydrogen-bond donors (Lipinski definition) is 2. The number of anilines is 1. The highest BCUT2D eigenvalue weighted by Gasteiger charge is 2.43. The highest BCUT2D eigenvalue weighted by molar-refractivity contribution is 5.83. The molecule has 2 aliphatic heterocycles. The Balaban J connectivity index is 1.47. The van der Waals surface area contributed by atoms with Crippen molar-refractivity contribution in [3.05, 3.63) is 53.2 Å². The fraction of sp³-hybridized carbons (Fsp3) is 0.520. The number of nitrogens with zero attached hydrogens (tertiary/aromatic N) is 4. The van der Waals surface area contributed by atoms with E-state index in [-0.39, 0.29) is 18.4 Å². The predicted octanol–water partition coefficient (Wildman–Crippen LogP) is 4.54. The van der Waals surface area contributed by atoms with Crippen molar-refractivity contribution in [1.29, 1.82) is 0 Å². The molecule has 1 atom stereocenters. The summed E-state index contributed by atoms with van der Waals surface area (Å²) in [5, 5.41) is 11.3. The van der Waals surface area contributed by atoms with Gasteiger partial charge in [0.05, 0.1) is 54.6 Å². The van der Waals surface area contributed by atoms with Gasteiger partial charge >= 0.3 is 0 Å². The Morgan fingerprint density at radius 1 is 1.23 bits per heavy atom. The lowest BCUT2D eigenvalue weighted by Crippen LogP contribution is -2.54. The molecule has 2 N–H and O–H groups in total. The number of fused-ring (bicyclic) bond motifs is 3. The second-order valence-electron chi connectivity index (χ2n) is 10.1. The summed E-state index contributed by atoms with van der Waals surface area (Å²) in [5.74, 6) is -0.538. The van der Waals surface area contributed by atoms with Crippen LogP contribution in [0.2, 0.25) is 0 Å². The minimum atomic E-state index is -2.57. The first kappa shape index (κ1) is 24.0. The van der Waals surface area contributed by atoms with Crippen LogP contribution in [0.3, 0.4) is 0 Å². The van der Waals surface area contributed by atoms with E-state index in [1.165, 1.54) is 6.07 Å². The van der Waals surface area contributed by atoms with Crippen molar-refractivity contribution in [1.82, 2.24) is 25.0 Å². The van der Waals surface area contributed by atoms with E-state index in [0.717, 1.165) is 35.1 Å². The first-order valence-electron chi connectivity index (χ1n) is 12.0. The molecule has 2 aliphatic rings. The number of rotatable bonds is 8. The molecule has 0 bridgehead atoms. The molecule has 0 spiro atoms. The van der Waals surface area contributed by atoms with Crippen molar-refractivity contribution in [2.75, 3.05) is 38.2 Å². The highest BCUT2D eigenvalue weighted by Crippen LogP contribution is 2.45. The Hall–Kier alpha value is -2.72. The number of hydrogen-bond acceptors (Lipinski definition) is 5. The Morgan fingerprint density at radius 2 is 2.03 bits per heavy atom. The molecule has 10 heteroatoms. The molecule has 1 fully saturated rings. The van der Waals surface area contributed by atoms with Crippen LogP contribution in [0, 0.1) is 5.82 Å². The third-order valence-corrected chi connectivity index (χ3v) is 7.16. The fourth-order valence-corrected chi connectivity index (χ4v) is 5.49. The molecule has 0 unspecified atom stereocenters. The summed E-state index contributed by atoms with van der Waals surface area (Å²) in [5.41, 5.74) is 2.62. The smallest absolute Gasteiger partial charge is 0.251 e. The Morgan fingerprint density at radius 3 is 2.74 bits per heavy atom. The molecule has 6 nitrogen and oxygen atoms in total. The number of likely N-dealkylation sites (tertiary alicyclic amines) is 1. The van der Waals surface area contributed by atoms with E-state index in [1.807, 2.05) is 26.0 Å². The maximum absolute atomic E-state index is 15.6. The van der Waals surface area contributed by atoms with Crippen molar-refractivity contribution >= 4 is 16.6 Å². The highest BCUT2D eigenvalue weighted by atomic mass is 19.3. The lowest BCUT2D eigenvalue weighted by atomic mass is 9.79. The topological polar surface area (TPSA) is 60.1 Å². The Labute approximate surface area is 201 Å². The van der Waals surface area contributed by atoms with Crippen LogP contribution in [0.25, 0.3) is 10.9 Å². The Bertz CT molecular complexity index is 1190. The number of aromatic nitrogens is 3. The summed E-state index contributed by atoms with van der Waals surface area (Å²) >= 11 is 0. The first-order chi connectivity index (χ1) is 16.8. The summed E-state index contributed by atoms with van der Waals surface area (Å²) < 4.78 is 55.3. The van der Waals surface area contributed by atoms with Gasteiger partial charge in [0.25, 0.3) is 6.43 Å². The predicted molar refractivity (Wildman–Crippen MR) is 127 cm³/mol. The molecule has 3 aromatic rings. The SMILES string of the molecule is CC1(C)Cc2c(ccc3[nH]ncc23)[C@@H](c2ncc(NC3CN(CCCF)C3)cc2F)N1CC(F)F. The standard InChI is InChI=1S/C25H30F4N6/c1-25(2)9-18-17(4-5-21-19(18)11-31-33-21)24(35(25)14-22(28)29)23-20(27)8-15(10-30-23)32-16-12-34(13-16)7-3-6-26/h4-5,8,10-11,16,22,24,32H,3,6-7,9,12-14H2,1-2H3,(H,31,33)/t24-/m0/s1. The van der Waals surface area contributed by atoms with Crippen LogP contribution >= 0.6 is 0 Å². The van der Waals surface area contributed by atoms with Gasteiger partial charge in [-0.05, 0) is 43.9 Å². The molecule has 0 amide bonds. The quantitative estimate of drug-likeness (QED) is 0.454. The second-order valence-corrected chi connectivity index (χ2v) is 10.1. The summed E-state index contributed by atoms with van der Waals surface area (Å²) in [4.78, 5) is 8.26. The van der Waals surface area contributed by atoms with Crippen LogP contribution in [0.1, 0.15) is 43.1 Å². The van der Waals surface area contributed by atoms with Crippen LogP contribution in [-0.2, 0) is 6.42 Å². The van der Waals surface area contributed by atoms with Crippen LogP contribution in [0.4, 0.5) is 23.2 Å². The van der Waals surface area contributed by atoms with Gasteiger partial charge in [-0.3, -0.25) is 24.3 Å². The molecule has 35 heavy (non-hydrogen) atoms. The van der Waals surface area contributed by atoms with Crippen molar-refractivity contribution in [2.24, 2.45) is 0 Å². The van der Waals surface area contributed by atoms with Gasteiger partial charge in [-0.25, -0.2) is 13.2 Å². The molecular formula is C25H30F4N6. The Kier molecular flexibility index (Phi) is 6.43. The first-order valence-corrected chi connectivity index (χ1v) is 12.0. The number of H-pyrrole nitrogens is 1. The number of aromatic amines is 1. The molecule has 5 rings (SSSR count). The molecule has 4 heterocycles. The van der Waals surface area contributed by atoms with E-state index in [1.54, 1.807) is 17.3 Å². The summed E-state index contributed by atoms with van der Waals surface area (Å²) in [6.45, 7) is 5.22. The third-order valence-electron chi connectivity index (χ3n) is 7.16. The molecule has 0 saturated carbocycles. The maximum Gasteiger partial charge on any atom is 0.251 e. The number of benzene rings is 1. The van der Waals surface area contributed by atoms with Crippen molar-refractivity contribution in [2.45, 2.75) is 50.7 Å². The largest absolute Gasteiger partial charge is 0.378 e. The monoisotopic (exact) mass is 490 g/mol. The zero-order chi connectivity index (χ0) is 24.7. The molecular weight excluding hydrogens is 460 g/mol. The number of halogens is 4. The minimum Gasteiger partial charge on any atom is -0.378 e. The van der Waals surface area contributed by atoms with Crippen LogP contribution in [0.15, 0.2) is 30.6 Å². The molecule has 1 saturated heterocycles. The van der Waals surface area contributed by atoms with Crippen LogP contribution in [0.5, 0.6) is 0 Å². The maximum atomic E-state index is 15.6. The van der Waals surface area contributed by atoms with E-state index in [0.29, 0.717) is 25.1 Å². The normalized spacial score (nSPS) is 20.8. The number of pyridine rings is 1. The number of nitrogens with one attached hydrogen (secondary N) is 2. The molecule has 2 aromatic heterocycles.